The number of hydrogen-bond acceptors (Lipinski definition) is 6. The minimum absolute atomic E-state index is 0.0255. The highest BCUT2D eigenvalue weighted by molar-refractivity contribution is 6.52. The molecule has 1 atom stereocenters. The van der Waals surface area contributed by atoms with Gasteiger partial charge in [0.15, 0.2) is 0 Å². The number of hydrogen-bond donors (Lipinski definition) is 1. The zero-order chi connectivity index (χ0) is 24.0. The number of amides is 1. The summed E-state index contributed by atoms with van der Waals surface area (Å²) in [5.74, 6) is -1.10. The van der Waals surface area contributed by atoms with Crippen molar-refractivity contribution in [2.75, 3.05) is 30.0 Å². The summed E-state index contributed by atoms with van der Waals surface area (Å²) in [4.78, 5) is 34.4. The Hall–Kier alpha value is -3.84. The summed E-state index contributed by atoms with van der Waals surface area (Å²) in [5.41, 5.74) is 2.79. The van der Waals surface area contributed by atoms with Crippen LogP contribution < -0.4 is 14.5 Å². The van der Waals surface area contributed by atoms with Crippen molar-refractivity contribution >= 4 is 40.4 Å². The lowest BCUT2D eigenvalue weighted by atomic mass is 9.97. The van der Waals surface area contributed by atoms with E-state index in [2.05, 4.69) is 4.98 Å². The summed E-state index contributed by atoms with van der Waals surface area (Å²) in [6, 6.07) is 14.7. The normalized spacial score (nSPS) is 19.2. The molecule has 2 aliphatic rings. The van der Waals surface area contributed by atoms with Gasteiger partial charge >= 0.3 is 0 Å². The standard InChI is InChI=1S/C26H22ClN3O4/c1-15-17(27)6-5-8-19(15)30-23(18-7-3-4-11-28-18)22(25(32)26(30)33)24(31)16-9-10-21-20(14-16)29(2)12-13-34-21/h3-11,14,23,31H,12-13H2,1-2H3/b24-22-. The van der Waals surface area contributed by atoms with E-state index in [4.69, 9.17) is 16.3 Å². The molecule has 1 N–H and O–H groups in total. The topological polar surface area (TPSA) is 83.0 Å². The van der Waals surface area contributed by atoms with Crippen LogP contribution in [0.5, 0.6) is 5.75 Å². The Bertz CT molecular complexity index is 1340. The Morgan fingerprint density at radius 1 is 1.12 bits per heavy atom. The molecule has 3 heterocycles. The quantitative estimate of drug-likeness (QED) is 0.341. The van der Waals surface area contributed by atoms with Gasteiger partial charge in [-0.2, -0.15) is 0 Å². The number of ketones is 1. The molecule has 1 unspecified atom stereocenters. The Morgan fingerprint density at radius 2 is 1.94 bits per heavy atom. The molecule has 2 aliphatic heterocycles. The second-order valence-corrected chi connectivity index (χ2v) is 8.67. The molecule has 172 valence electrons. The monoisotopic (exact) mass is 475 g/mol. The van der Waals surface area contributed by atoms with Gasteiger partial charge in [-0.15, -0.1) is 0 Å². The Labute approximate surface area is 201 Å². The number of aromatic nitrogens is 1. The van der Waals surface area contributed by atoms with Gasteiger partial charge < -0.3 is 14.7 Å². The smallest absolute Gasteiger partial charge is 0.300 e. The lowest BCUT2D eigenvalue weighted by Gasteiger charge is -2.28. The minimum atomic E-state index is -0.914. The highest BCUT2D eigenvalue weighted by Crippen LogP contribution is 2.44. The summed E-state index contributed by atoms with van der Waals surface area (Å²) in [6.45, 7) is 3.05. The third-order valence-electron chi connectivity index (χ3n) is 6.24. The molecule has 3 aromatic rings. The van der Waals surface area contributed by atoms with Crippen LogP contribution in [0.15, 0.2) is 66.4 Å². The first kappa shape index (κ1) is 22.0. The molecule has 1 amide bonds. The molecular formula is C26H22ClN3O4. The van der Waals surface area contributed by atoms with Crippen molar-refractivity contribution < 1.29 is 19.4 Å². The van der Waals surface area contributed by atoms with Crippen LogP contribution in [0.3, 0.4) is 0 Å². The molecule has 0 spiro atoms. The van der Waals surface area contributed by atoms with Crippen LogP contribution in [0.4, 0.5) is 11.4 Å². The third kappa shape index (κ3) is 3.49. The van der Waals surface area contributed by atoms with E-state index < -0.39 is 17.7 Å². The molecule has 2 aromatic carbocycles. The van der Waals surface area contributed by atoms with Crippen molar-refractivity contribution in [3.05, 3.63) is 88.2 Å². The number of aliphatic hydroxyl groups is 1. The van der Waals surface area contributed by atoms with Crippen LogP contribution in [0, 0.1) is 6.92 Å². The van der Waals surface area contributed by atoms with Gasteiger partial charge in [0.25, 0.3) is 11.7 Å². The van der Waals surface area contributed by atoms with Gasteiger partial charge in [0.2, 0.25) is 0 Å². The van der Waals surface area contributed by atoms with Crippen LogP contribution >= 0.6 is 11.6 Å². The molecular weight excluding hydrogens is 454 g/mol. The van der Waals surface area contributed by atoms with Gasteiger partial charge in [-0.05, 0) is 55.0 Å². The van der Waals surface area contributed by atoms with Gasteiger partial charge in [0.1, 0.15) is 24.2 Å². The molecule has 0 saturated carbocycles. The van der Waals surface area contributed by atoms with E-state index in [0.717, 1.165) is 5.69 Å². The molecule has 0 aliphatic carbocycles. The summed E-state index contributed by atoms with van der Waals surface area (Å²) >= 11 is 6.33. The molecule has 0 radical (unpaired) electrons. The van der Waals surface area contributed by atoms with Gasteiger partial charge in [0, 0.05) is 29.5 Å². The number of pyridine rings is 1. The molecule has 1 aromatic heterocycles. The zero-order valence-corrected chi connectivity index (χ0v) is 19.4. The van der Waals surface area contributed by atoms with Crippen molar-refractivity contribution in [2.45, 2.75) is 13.0 Å². The fourth-order valence-electron chi connectivity index (χ4n) is 4.41. The summed E-state index contributed by atoms with van der Waals surface area (Å²) < 4.78 is 5.69. The van der Waals surface area contributed by atoms with Gasteiger partial charge in [-0.1, -0.05) is 23.7 Å². The second-order valence-electron chi connectivity index (χ2n) is 8.26. The van der Waals surface area contributed by atoms with Gasteiger partial charge in [-0.3, -0.25) is 19.5 Å². The summed E-state index contributed by atoms with van der Waals surface area (Å²) in [7, 11) is 1.93. The van der Waals surface area contributed by atoms with E-state index in [9.17, 15) is 14.7 Å². The molecule has 5 rings (SSSR count). The number of aliphatic hydroxyl groups excluding tert-OH is 1. The fraction of sp³-hybridized carbons (Fsp3) is 0.192. The molecule has 1 saturated heterocycles. The van der Waals surface area contributed by atoms with E-state index in [-0.39, 0.29) is 11.3 Å². The predicted octanol–water partition coefficient (Wildman–Crippen LogP) is 4.50. The van der Waals surface area contributed by atoms with Crippen molar-refractivity contribution in [1.29, 1.82) is 0 Å². The number of ether oxygens (including phenoxy) is 1. The van der Waals surface area contributed by atoms with Crippen LogP contribution in [0.25, 0.3) is 5.76 Å². The van der Waals surface area contributed by atoms with Gasteiger partial charge in [-0.25, -0.2) is 0 Å². The summed E-state index contributed by atoms with van der Waals surface area (Å²) in [5, 5.41) is 11.9. The Balaban J connectivity index is 1.72. The Morgan fingerprint density at radius 3 is 2.71 bits per heavy atom. The van der Waals surface area contributed by atoms with E-state index in [1.165, 1.54) is 4.90 Å². The van der Waals surface area contributed by atoms with Crippen LogP contribution in [0.1, 0.15) is 22.9 Å². The van der Waals surface area contributed by atoms with Crippen molar-refractivity contribution in [3.8, 4) is 5.75 Å². The number of carbonyl (C=O) groups excluding carboxylic acids is 2. The number of benzene rings is 2. The van der Waals surface area contributed by atoms with Crippen molar-refractivity contribution in [2.24, 2.45) is 0 Å². The first-order chi connectivity index (χ1) is 16.4. The largest absolute Gasteiger partial charge is 0.507 e. The van der Waals surface area contributed by atoms with Crippen LogP contribution in [-0.4, -0.2) is 42.0 Å². The van der Waals surface area contributed by atoms with Crippen LogP contribution in [0.2, 0.25) is 5.02 Å². The number of likely N-dealkylation sites (N-methyl/N-ethyl adjacent to an activating group) is 1. The maximum atomic E-state index is 13.3. The summed E-state index contributed by atoms with van der Waals surface area (Å²) in [6.07, 6.45) is 1.59. The SMILES string of the molecule is Cc1c(Cl)cccc1N1C(=O)C(=O)/C(=C(\O)c2ccc3c(c2)N(C)CCO3)C1c1ccccn1. The number of Topliss-reactive ketones (excluding diaryl/α,β-unsaturated/α-hetero) is 1. The minimum Gasteiger partial charge on any atom is -0.507 e. The maximum Gasteiger partial charge on any atom is 0.300 e. The number of carbonyl (C=O) groups is 2. The lowest BCUT2D eigenvalue weighted by molar-refractivity contribution is -0.132. The lowest BCUT2D eigenvalue weighted by Crippen LogP contribution is -2.30. The third-order valence-corrected chi connectivity index (χ3v) is 6.65. The molecule has 34 heavy (non-hydrogen) atoms. The fourth-order valence-corrected chi connectivity index (χ4v) is 4.58. The predicted molar refractivity (Wildman–Crippen MR) is 130 cm³/mol. The van der Waals surface area contributed by atoms with Crippen molar-refractivity contribution in [3.63, 3.8) is 0 Å². The Kier molecular flexibility index (Phi) is 5.49. The first-order valence-electron chi connectivity index (χ1n) is 10.8. The second kappa shape index (κ2) is 8.50. The highest BCUT2D eigenvalue weighted by atomic mass is 35.5. The molecule has 1 fully saturated rings. The average molecular weight is 476 g/mol. The molecule has 8 heteroatoms. The number of fused-ring (bicyclic) bond motifs is 1. The number of nitrogens with zero attached hydrogens (tertiary/aromatic N) is 3. The van der Waals surface area contributed by atoms with Gasteiger partial charge in [0.05, 0.1) is 23.5 Å². The molecule has 7 nitrogen and oxygen atoms in total. The average Bonchev–Trinajstić information content (AvgIpc) is 3.11. The molecule has 0 bridgehead atoms. The zero-order valence-electron chi connectivity index (χ0n) is 18.7. The van der Waals surface area contributed by atoms with E-state index in [1.54, 1.807) is 67.7 Å². The highest BCUT2D eigenvalue weighted by Gasteiger charge is 2.48. The number of anilines is 2. The maximum absolute atomic E-state index is 13.3. The van der Waals surface area contributed by atoms with E-state index in [1.807, 2.05) is 11.9 Å². The number of halogens is 1. The van der Waals surface area contributed by atoms with Crippen molar-refractivity contribution in [1.82, 2.24) is 4.98 Å². The van der Waals surface area contributed by atoms with E-state index in [0.29, 0.717) is 46.4 Å². The van der Waals surface area contributed by atoms with Crippen LogP contribution in [-0.2, 0) is 9.59 Å². The number of rotatable bonds is 3. The first-order valence-corrected chi connectivity index (χ1v) is 11.2. The van der Waals surface area contributed by atoms with E-state index >= 15 is 0 Å².